The van der Waals surface area contributed by atoms with Gasteiger partial charge in [-0.05, 0) is 63.9 Å². The first kappa shape index (κ1) is 15.1. The van der Waals surface area contributed by atoms with Crippen molar-refractivity contribution in [3.63, 3.8) is 0 Å². The van der Waals surface area contributed by atoms with Gasteiger partial charge in [0, 0.05) is 17.7 Å². The Bertz CT molecular complexity index is 770. The quantitative estimate of drug-likeness (QED) is 0.864. The van der Waals surface area contributed by atoms with Gasteiger partial charge in [-0.15, -0.1) is 0 Å². The first-order valence-corrected chi connectivity index (χ1v) is 7.97. The van der Waals surface area contributed by atoms with Crippen LogP contribution in [0.3, 0.4) is 0 Å². The van der Waals surface area contributed by atoms with E-state index in [4.69, 9.17) is 4.42 Å². The standard InChI is InChI=1S/C18H23NO3/c1-11-9-15-16(12(2)13(3)18(21)22-15)17(20)14(11)10-19-7-5-4-6-8-19/h9,20H,4-8,10H2,1-3H3. The van der Waals surface area contributed by atoms with Crippen LogP contribution < -0.4 is 5.63 Å². The summed E-state index contributed by atoms with van der Waals surface area (Å²) in [6.45, 7) is 8.50. The second kappa shape index (κ2) is 5.76. The number of hydrogen-bond donors (Lipinski definition) is 1. The summed E-state index contributed by atoms with van der Waals surface area (Å²) >= 11 is 0. The molecule has 3 rings (SSSR count). The van der Waals surface area contributed by atoms with Crippen LogP contribution in [0.5, 0.6) is 5.75 Å². The molecule has 4 nitrogen and oxygen atoms in total. The van der Waals surface area contributed by atoms with Crippen LogP contribution in [-0.2, 0) is 6.54 Å². The van der Waals surface area contributed by atoms with Crippen LogP contribution in [0, 0.1) is 20.8 Å². The van der Waals surface area contributed by atoms with Crippen molar-refractivity contribution in [1.82, 2.24) is 4.90 Å². The van der Waals surface area contributed by atoms with Gasteiger partial charge in [-0.1, -0.05) is 6.42 Å². The van der Waals surface area contributed by atoms with E-state index in [1.807, 2.05) is 19.9 Å². The number of phenols is 1. The van der Waals surface area contributed by atoms with E-state index in [9.17, 15) is 9.90 Å². The Morgan fingerprint density at radius 1 is 1.14 bits per heavy atom. The third kappa shape index (κ3) is 2.52. The summed E-state index contributed by atoms with van der Waals surface area (Å²) < 4.78 is 5.35. The maximum Gasteiger partial charge on any atom is 0.339 e. The van der Waals surface area contributed by atoms with Crippen LogP contribution in [0.1, 0.15) is 41.5 Å². The summed E-state index contributed by atoms with van der Waals surface area (Å²) in [5, 5.41) is 11.4. The molecule has 1 aliphatic rings. The molecule has 1 aromatic heterocycles. The predicted molar refractivity (Wildman–Crippen MR) is 87.5 cm³/mol. The second-order valence-electron chi connectivity index (χ2n) is 6.37. The molecule has 1 fully saturated rings. The van der Waals surface area contributed by atoms with Gasteiger partial charge in [-0.2, -0.15) is 0 Å². The number of rotatable bonds is 2. The Balaban J connectivity index is 2.12. The van der Waals surface area contributed by atoms with Crippen LogP contribution in [0.15, 0.2) is 15.3 Å². The maximum absolute atomic E-state index is 11.8. The molecule has 0 saturated carbocycles. The summed E-state index contributed by atoms with van der Waals surface area (Å²) in [5.74, 6) is 0.268. The SMILES string of the molecule is Cc1cc2oc(=O)c(C)c(C)c2c(O)c1CN1CCCCC1. The zero-order valence-electron chi connectivity index (χ0n) is 13.5. The van der Waals surface area contributed by atoms with Crippen LogP contribution in [0.2, 0.25) is 0 Å². The second-order valence-corrected chi connectivity index (χ2v) is 6.37. The van der Waals surface area contributed by atoms with Gasteiger partial charge in [0.05, 0.1) is 5.39 Å². The molecule has 4 heteroatoms. The molecule has 0 atom stereocenters. The molecular formula is C18H23NO3. The van der Waals surface area contributed by atoms with Gasteiger partial charge >= 0.3 is 5.63 Å². The van der Waals surface area contributed by atoms with E-state index >= 15 is 0 Å². The number of likely N-dealkylation sites (tertiary alicyclic amines) is 1. The van der Waals surface area contributed by atoms with E-state index in [2.05, 4.69) is 4.90 Å². The third-order valence-electron chi connectivity index (χ3n) is 4.87. The van der Waals surface area contributed by atoms with Crippen LogP contribution in [-0.4, -0.2) is 23.1 Å². The Kier molecular flexibility index (Phi) is 3.96. The van der Waals surface area contributed by atoms with Gasteiger partial charge in [0.15, 0.2) is 0 Å². The Labute approximate surface area is 130 Å². The highest BCUT2D eigenvalue weighted by Crippen LogP contribution is 2.35. The number of hydrogen-bond acceptors (Lipinski definition) is 4. The fourth-order valence-corrected chi connectivity index (χ4v) is 3.31. The molecule has 0 aliphatic carbocycles. The van der Waals surface area contributed by atoms with Gasteiger partial charge in [-0.25, -0.2) is 4.79 Å². The molecular weight excluding hydrogens is 278 g/mol. The van der Waals surface area contributed by atoms with Crippen molar-refractivity contribution in [2.75, 3.05) is 13.1 Å². The minimum Gasteiger partial charge on any atom is -0.507 e. The molecule has 1 aromatic carbocycles. The molecule has 0 unspecified atom stereocenters. The normalized spacial score (nSPS) is 16.3. The fourth-order valence-electron chi connectivity index (χ4n) is 3.31. The molecule has 1 N–H and O–H groups in total. The molecule has 118 valence electrons. The lowest BCUT2D eigenvalue weighted by Crippen LogP contribution is -2.29. The summed E-state index contributed by atoms with van der Waals surface area (Å²) in [6.07, 6.45) is 3.74. The lowest BCUT2D eigenvalue weighted by Gasteiger charge is -2.27. The van der Waals surface area contributed by atoms with Crippen LogP contribution in [0.25, 0.3) is 11.0 Å². The Morgan fingerprint density at radius 3 is 2.50 bits per heavy atom. The van der Waals surface area contributed by atoms with Crippen molar-refractivity contribution in [2.45, 2.75) is 46.6 Å². The van der Waals surface area contributed by atoms with Gasteiger partial charge in [-0.3, -0.25) is 4.90 Å². The molecule has 0 amide bonds. The maximum atomic E-state index is 11.8. The van der Waals surface area contributed by atoms with Gasteiger partial charge < -0.3 is 9.52 Å². The average Bonchev–Trinajstić information content (AvgIpc) is 2.50. The monoisotopic (exact) mass is 301 g/mol. The summed E-state index contributed by atoms with van der Waals surface area (Å²) in [6, 6.07) is 1.88. The lowest BCUT2D eigenvalue weighted by molar-refractivity contribution is 0.218. The Morgan fingerprint density at radius 2 is 1.82 bits per heavy atom. The Hall–Kier alpha value is -1.81. The highest BCUT2D eigenvalue weighted by atomic mass is 16.4. The molecule has 2 aromatic rings. The smallest absolute Gasteiger partial charge is 0.339 e. The van der Waals surface area contributed by atoms with E-state index < -0.39 is 0 Å². The van der Waals surface area contributed by atoms with Crippen molar-refractivity contribution in [1.29, 1.82) is 0 Å². The number of aryl methyl sites for hydroxylation is 2. The zero-order valence-corrected chi connectivity index (χ0v) is 13.5. The molecule has 1 saturated heterocycles. The van der Waals surface area contributed by atoms with Crippen LogP contribution >= 0.6 is 0 Å². The van der Waals surface area contributed by atoms with E-state index in [1.165, 1.54) is 19.3 Å². The van der Waals surface area contributed by atoms with Crippen LogP contribution in [0.4, 0.5) is 0 Å². The third-order valence-corrected chi connectivity index (χ3v) is 4.87. The predicted octanol–water partition coefficient (Wildman–Crippen LogP) is 3.41. The number of nitrogens with zero attached hydrogens (tertiary/aromatic N) is 1. The molecule has 0 bridgehead atoms. The molecule has 0 spiro atoms. The minimum absolute atomic E-state index is 0.268. The first-order valence-electron chi connectivity index (χ1n) is 7.97. The fraction of sp³-hybridized carbons (Fsp3) is 0.500. The number of aromatic hydroxyl groups is 1. The van der Waals surface area contributed by atoms with E-state index in [-0.39, 0.29) is 11.4 Å². The number of piperidine rings is 1. The highest BCUT2D eigenvalue weighted by Gasteiger charge is 2.19. The minimum atomic E-state index is -0.326. The molecule has 0 radical (unpaired) electrons. The number of fused-ring (bicyclic) bond motifs is 1. The number of phenolic OH excluding ortho intramolecular Hbond substituents is 1. The van der Waals surface area contributed by atoms with E-state index in [1.54, 1.807) is 6.92 Å². The number of benzene rings is 1. The van der Waals surface area contributed by atoms with Crippen molar-refractivity contribution < 1.29 is 9.52 Å². The average molecular weight is 301 g/mol. The molecule has 1 aliphatic heterocycles. The van der Waals surface area contributed by atoms with E-state index in [0.717, 1.165) is 36.3 Å². The largest absolute Gasteiger partial charge is 0.507 e. The highest BCUT2D eigenvalue weighted by molar-refractivity contribution is 5.89. The molecule has 2 heterocycles. The summed E-state index contributed by atoms with van der Waals surface area (Å²) in [4.78, 5) is 14.2. The van der Waals surface area contributed by atoms with E-state index in [0.29, 0.717) is 16.5 Å². The molecule has 22 heavy (non-hydrogen) atoms. The zero-order chi connectivity index (χ0) is 15.9. The summed E-state index contributed by atoms with van der Waals surface area (Å²) in [7, 11) is 0. The van der Waals surface area contributed by atoms with Crippen molar-refractivity contribution >= 4 is 11.0 Å². The van der Waals surface area contributed by atoms with Gasteiger partial charge in [0.2, 0.25) is 0 Å². The van der Waals surface area contributed by atoms with Gasteiger partial charge in [0.25, 0.3) is 0 Å². The van der Waals surface area contributed by atoms with Crippen molar-refractivity contribution in [3.05, 3.63) is 38.7 Å². The first-order chi connectivity index (χ1) is 10.5. The van der Waals surface area contributed by atoms with Gasteiger partial charge in [0.1, 0.15) is 11.3 Å². The lowest BCUT2D eigenvalue weighted by atomic mass is 9.98. The van der Waals surface area contributed by atoms with Crippen molar-refractivity contribution in [3.8, 4) is 5.75 Å². The summed E-state index contributed by atoms with van der Waals surface area (Å²) in [5.41, 5.74) is 3.45. The van der Waals surface area contributed by atoms with Crippen molar-refractivity contribution in [2.24, 2.45) is 0 Å². The topological polar surface area (TPSA) is 53.7 Å².